The highest BCUT2D eigenvalue weighted by molar-refractivity contribution is 5.90. The van der Waals surface area contributed by atoms with Gasteiger partial charge in [0.25, 0.3) is 0 Å². The highest BCUT2D eigenvalue weighted by Gasteiger charge is 2.44. The van der Waals surface area contributed by atoms with Crippen molar-refractivity contribution in [1.29, 1.82) is 0 Å². The lowest BCUT2D eigenvalue weighted by atomic mass is 9.73. The van der Waals surface area contributed by atoms with Crippen LogP contribution in [-0.2, 0) is 21.8 Å². The Morgan fingerprint density at radius 3 is 2.27 bits per heavy atom. The number of allylic oxidation sites excluding steroid dienone is 1. The summed E-state index contributed by atoms with van der Waals surface area (Å²) in [5, 5.41) is 0. The Hall–Kier alpha value is -4.62. The Balaban J connectivity index is 1.54. The number of ether oxygens (including phenoxy) is 3. The third-order valence-corrected chi connectivity index (χ3v) is 9.01. The third-order valence-electron chi connectivity index (χ3n) is 9.01. The number of carbonyl (C=O) groups excluding carboxylic acids is 2. The van der Waals surface area contributed by atoms with E-state index >= 15 is 0 Å². The minimum atomic E-state index is -5.05. The molecule has 1 saturated heterocycles. The van der Waals surface area contributed by atoms with Gasteiger partial charge in [0.05, 0.1) is 43.1 Å². The van der Waals surface area contributed by atoms with Crippen molar-refractivity contribution in [2.24, 2.45) is 5.41 Å². The third kappa shape index (κ3) is 7.37. The maximum absolute atomic E-state index is 13.6. The predicted octanol–water partition coefficient (Wildman–Crippen LogP) is 8.83. The van der Waals surface area contributed by atoms with Crippen LogP contribution in [0.5, 0.6) is 5.75 Å². The van der Waals surface area contributed by atoms with Crippen molar-refractivity contribution in [1.82, 2.24) is 14.9 Å². The summed E-state index contributed by atoms with van der Waals surface area (Å²) >= 11 is 0. The molecule has 0 radical (unpaired) electrons. The maximum Gasteiger partial charge on any atom is 0.416 e. The number of nitrogens with zero attached hydrogens (tertiary/aromatic N) is 3. The van der Waals surface area contributed by atoms with Crippen LogP contribution in [0.25, 0.3) is 17.0 Å². The van der Waals surface area contributed by atoms with Crippen LogP contribution >= 0.6 is 0 Å². The van der Waals surface area contributed by atoms with E-state index in [4.69, 9.17) is 19.2 Å². The molecule has 1 fully saturated rings. The Kier molecular flexibility index (Phi) is 9.48. The number of hydrogen-bond acceptors (Lipinski definition) is 7. The fourth-order valence-electron chi connectivity index (χ4n) is 6.38. The Bertz CT molecular complexity index is 1790. The standard InChI is InChI=1S/C35H35F6N3O5/c1-18-11-20(31(45)48-6)7-8-25(18)30-42-16-27(47-5)28(43-30)26-9-10-33(3,4)15-22(26)17-44-19(2)29(49-32(44)46)21-12-23(34(36,37)38)14-24(13-21)35(39,40)41/h7-8,11-14,16,19,29H,9-10,15,17H2,1-6H3/t19-,29?/m0/s1. The van der Waals surface area contributed by atoms with Crippen molar-refractivity contribution in [2.75, 3.05) is 20.8 Å². The molecule has 1 amide bonds. The van der Waals surface area contributed by atoms with Crippen LogP contribution in [0, 0.1) is 12.3 Å². The molecule has 3 aromatic rings. The van der Waals surface area contributed by atoms with Gasteiger partial charge in [-0.3, -0.25) is 4.90 Å². The summed E-state index contributed by atoms with van der Waals surface area (Å²) < 4.78 is 97.6. The number of amides is 1. The van der Waals surface area contributed by atoms with Gasteiger partial charge in [0.1, 0.15) is 11.8 Å². The van der Waals surface area contributed by atoms with Crippen molar-refractivity contribution in [3.8, 4) is 17.1 Å². The number of alkyl halides is 6. The van der Waals surface area contributed by atoms with Crippen LogP contribution in [0.1, 0.15) is 84.4 Å². The smallest absolute Gasteiger partial charge is 0.416 e. The topological polar surface area (TPSA) is 90.9 Å². The van der Waals surface area contributed by atoms with Gasteiger partial charge in [0, 0.05) is 12.1 Å². The van der Waals surface area contributed by atoms with Gasteiger partial charge < -0.3 is 14.2 Å². The molecule has 14 heteroatoms. The van der Waals surface area contributed by atoms with Gasteiger partial charge in [0.2, 0.25) is 0 Å². The number of hydrogen-bond donors (Lipinski definition) is 0. The molecule has 0 saturated carbocycles. The summed E-state index contributed by atoms with van der Waals surface area (Å²) in [5.41, 5.74) is 0.235. The molecule has 262 valence electrons. The summed E-state index contributed by atoms with van der Waals surface area (Å²) in [5.74, 6) is 0.246. The van der Waals surface area contributed by atoms with E-state index in [1.54, 1.807) is 18.2 Å². The number of cyclic esters (lactones) is 1. The number of esters is 1. The van der Waals surface area contributed by atoms with E-state index in [0.717, 1.165) is 23.1 Å². The van der Waals surface area contributed by atoms with Crippen molar-refractivity contribution in [3.05, 3.63) is 81.7 Å². The van der Waals surface area contributed by atoms with Crippen LogP contribution in [-0.4, -0.2) is 53.7 Å². The molecule has 0 bridgehead atoms. The summed E-state index contributed by atoms with van der Waals surface area (Å²) in [6, 6.07) is 5.31. The number of aromatic nitrogens is 2. The first-order valence-corrected chi connectivity index (χ1v) is 15.4. The van der Waals surface area contributed by atoms with Crippen LogP contribution in [0.2, 0.25) is 0 Å². The first-order chi connectivity index (χ1) is 22.8. The zero-order chi connectivity index (χ0) is 36.1. The molecule has 2 aromatic carbocycles. The van der Waals surface area contributed by atoms with Crippen molar-refractivity contribution in [3.63, 3.8) is 0 Å². The molecule has 2 atom stereocenters. The molecule has 0 spiro atoms. The quantitative estimate of drug-likeness (QED) is 0.181. The van der Waals surface area contributed by atoms with Gasteiger partial charge in [-0.25, -0.2) is 19.6 Å². The largest absolute Gasteiger partial charge is 0.493 e. The van der Waals surface area contributed by atoms with Gasteiger partial charge in [-0.1, -0.05) is 19.9 Å². The second-order valence-electron chi connectivity index (χ2n) is 13.1. The fourth-order valence-corrected chi connectivity index (χ4v) is 6.38. The molecule has 2 aliphatic rings. The summed E-state index contributed by atoms with van der Waals surface area (Å²) in [6.45, 7) is 7.46. The molecule has 1 aliphatic heterocycles. The summed E-state index contributed by atoms with van der Waals surface area (Å²) in [7, 11) is 2.76. The average Bonchev–Trinajstić information content (AvgIpc) is 3.31. The Morgan fingerprint density at radius 2 is 1.69 bits per heavy atom. The summed E-state index contributed by atoms with van der Waals surface area (Å²) in [6.07, 6.45) is -9.00. The van der Waals surface area contributed by atoms with E-state index < -0.39 is 53.3 Å². The van der Waals surface area contributed by atoms with E-state index in [2.05, 4.69) is 18.8 Å². The van der Waals surface area contributed by atoms with Crippen LogP contribution < -0.4 is 4.74 Å². The Morgan fingerprint density at radius 1 is 1.04 bits per heavy atom. The minimum absolute atomic E-state index is 0.00427. The highest BCUT2D eigenvalue weighted by Crippen LogP contribution is 2.46. The second kappa shape index (κ2) is 13.0. The number of rotatable bonds is 7. The van der Waals surface area contributed by atoms with Gasteiger partial charge in [-0.05, 0) is 91.1 Å². The molecule has 8 nitrogen and oxygen atoms in total. The molecule has 49 heavy (non-hydrogen) atoms. The Labute approximate surface area is 279 Å². The fraction of sp³-hybridized carbons (Fsp3) is 0.429. The molecule has 5 rings (SSSR count). The lowest BCUT2D eigenvalue weighted by Gasteiger charge is -2.35. The molecular weight excluding hydrogens is 656 g/mol. The number of carbonyl (C=O) groups is 2. The monoisotopic (exact) mass is 691 g/mol. The van der Waals surface area contributed by atoms with Crippen LogP contribution in [0.4, 0.5) is 31.1 Å². The van der Waals surface area contributed by atoms with Crippen LogP contribution in [0.3, 0.4) is 0 Å². The van der Waals surface area contributed by atoms with Gasteiger partial charge in [0.15, 0.2) is 11.6 Å². The zero-order valence-electron chi connectivity index (χ0n) is 27.7. The predicted molar refractivity (Wildman–Crippen MR) is 166 cm³/mol. The number of methoxy groups -OCH3 is 2. The van der Waals surface area contributed by atoms with E-state index in [9.17, 15) is 35.9 Å². The van der Waals surface area contributed by atoms with Crippen molar-refractivity contribution in [2.45, 2.75) is 71.5 Å². The van der Waals surface area contributed by atoms with Crippen molar-refractivity contribution < 1.29 is 50.1 Å². The number of aryl methyl sites for hydroxylation is 1. The molecule has 1 aliphatic carbocycles. The van der Waals surface area contributed by atoms with Gasteiger partial charge in [-0.15, -0.1) is 0 Å². The molecule has 2 heterocycles. The number of benzene rings is 2. The van der Waals surface area contributed by atoms with Crippen molar-refractivity contribution >= 4 is 17.6 Å². The lowest BCUT2D eigenvalue weighted by molar-refractivity contribution is -0.143. The first kappa shape index (κ1) is 35.7. The molecule has 1 aromatic heterocycles. The second-order valence-corrected chi connectivity index (χ2v) is 13.1. The zero-order valence-corrected chi connectivity index (χ0v) is 27.7. The first-order valence-electron chi connectivity index (χ1n) is 15.4. The lowest BCUT2D eigenvalue weighted by Crippen LogP contribution is -2.35. The molecule has 1 unspecified atom stereocenters. The van der Waals surface area contributed by atoms with E-state index in [-0.39, 0.29) is 18.0 Å². The SMILES string of the molecule is COC(=O)c1ccc(-c2ncc(OC)c(C3=C(CN4C(=O)OC(c5cc(C(F)(F)F)cc(C(F)(F)F)c5)[C@@H]4C)CC(C)(C)CC3)n2)c(C)c1. The average molecular weight is 692 g/mol. The van der Waals surface area contributed by atoms with E-state index in [0.29, 0.717) is 53.4 Å². The number of halogens is 6. The van der Waals surface area contributed by atoms with E-state index in [1.807, 2.05) is 6.92 Å². The minimum Gasteiger partial charge on any atom is -0.493 e. The summed E-state index contributed by atoms with van der Waals surface area (Å²) in [4.78, 5) is 36.0. The van der Waals surface area contributed by atoms with E-state index in [1.165, 1.54) is 32.2 Å². The highest BCUT2D eigenvalue weighted by atomic mass is 19.4. The van der Waals surface area contributed by atoms with Gasteiger partial charge >= 0.3 is 24.4 Å². The van der Waals surface area contributed by atoms with Crippen LogP contribution in [0.15, 0.2) is 48.2 Å². The van der Waals surface area contributed by atoms with Gasteiger partial charge in [-0.2, -0.15) is 26.3 Å². The maximum atomic E-state index is 13.6. The molecule has 0 N–H and O–H groups in total. The normalized spacial score (nSPS) is 19.6. The molecular formula is C35H35F6N3O5.